The van der Waals surface area contributed by atoms with Gasteiger partial charge in [-0.1, -0.05) is 18.2 Å². The number of aromatic nitrogens is 2. The van der Waals surface area contributed by atoms with Gasteiger partial charge in [0.05, 0.1) is 10.5 Å². The fraction of sp³-hybridized carbons (Fsp3) is 0.0476. The molecule has 30 heavy (non-hydrogen) atoms. The molecule has 0 saturated heterocycles. The van der Waals surface area contributed by atoms with E-state index in [9.17, 15) is 17.2 Å². The van der Waals surface area contributed by atoms with E-state index < -0.39 is 26.5 Å². The molecule has 0 bridgehead atoms. The van der Waals surface area contributed by atoms with Crippen molar-refractivity contribution in [2.45, 2.75) is 16.5 Å². The fourth-order valence-electron chi connectivity index (χ4n) is 2.76. The zero-order valence-corrected chi connectivity index (χ0v) is 16.2. The first kappa shape index (κ1) is 19.7. The Morgan fingerprint density at radius 2 is 1.73 bits per heavy atom. The van der Waals surface area contributed by atoms with Crippen molar-refractivity contribution in [3.05, 3.63) is 90.3 Å². The van der Waals surface area contributed by atoms with Crippen LogP contribution in [0.4, 0.5) is 14.7 Å². The van der Waals surface area contributed by atoms with Crippen molar-refractivity contribution < 1.29 is 21.6 Å². The molecule has 0 aliphatic rings. The van der Waals surface area contributed by atoms with Gasteiger partial charge in [-0.2, -0.15) is 4.98 Å². The average molecular weight is 427 g/mol. The lowest BCUT2D eigenvalue weighted by Gasteiger charge is -2.06. The zero-order valence-electron chi connectivity index (χ0n) is 15.4. The highest BCUT2D eigenvalue weighted by Gasteiger charge is 2.29. The summed E-state index contributed by atoms with van der Waals surface area (Å²) in [6.45, 7) is 0.200. The van der Waals surface area contributed by atoms with Crippen LogP contribution in [0.3, 0.4) is 0 Å². The van der Waals surface area contributed by atoms with Gasteiger partial charge >= 0.3 is 0 Å². The third kappa shape index (κ3) is 3.92. The van der Waals surface area contributed by atoms with Crippen molar-refractivity contribution in [2.75, 3.05) is 5.32 Å². The van der Waals surface area contributed by atoms with Crippen LogP contribution >= 0.6 is 0 Å². The molecule has 0 unspecified atom stereocenters. The summed E-state index contributed by atoms with van der Waals surface area (Å²) in [5, 5.41) is 2.46. The van der Waals surface area contributed by atoms with Gasteiger partial charge in [-0.15, -0.1) is 0 Å². The van der Waals surface area contributed by atoms with Gasteiger partial charge in [-0.05, 0) is 48.0 Å². The number of nitrogens with one attached hydrogen (secondary N) is 1. The van der Waals surface area contributed by atoms with Gasteiger partial charge in [0, 0.05) is 18.9 Å². The molecule has 4 aromatic rings. The molecular formula is C21H15F2N3O3S. The predicted octanol–water partition coefficient (Wildman–Crippen LogP) is 4.46. The van der Waals surface area contributed by atoms with Crippen LogP contribution in [0.5, 0.6) is 0 Å². The number of halogens is 2. The SMILES string of the molecule is O=S(=O)(c1ccc(F)cc1)c1nc(-c2ccccc2F)oc1NCc1cccnc1. The molecular weight excluding hydrogens is 412 g/mol. The minimum absolute atomic E-state index is 0.0162. The summed E-state index contributed by atoms with van der Waals surface area (Å²) >= 11 is 0. The van der Waals surface area contributed by atoms with Crippen molar-refractivity contribution in [2.24, 2.45) is 0 Å². The van der Waals surface area contributed by atoms with Crippen molar-refractivity contribution in [1.82, 2.24) is 9.97 Å². The smallest absolute Gasteiger partial charge is 0.234 e. The highest BCUT2D eigenvalue weighted by atomic mass is 32.2. The number of nitrogens with zero attached hydrogens (tertiary/aromatic N) is 2. The highest BCUT2D eigenvalue weighted by molar-refractivity contribution is 7.91. The van der Waals surface area contributed by atoms with Crippen LogP contribution in [0, 0.1) is 11.6 Å². The average Bonchev–Trinajstić information content (AvgIpc) is 3.18. The topological polar surface area (TPSA) is 85.1 Å². The molecule has 6 nitrogen and oxygen atoms in total. The van der Waals surface area contributed by atoms with Crippen molar-refractivity contribution in [1.29, 1.82) is 0 Å². The molecule has 9 heteroatoms. The van der Waals surface area contributed by atoms with Gasteiger partial charge in [-0.25, -0.2) is 17.2 Å². The largest absolute Gasteiger partial charge is 0.419 e. The Balaban J connectivity index is 1.79. The van der Waals surface area contributed by atoms with E-state index in [-0.39, 0.29) is 28.8 Å². The highest BCUT2D eigenvalue weighted by Crippen LogP contribution is 2.33. The molecule has 2 aromatic carbocycles. The maximum Gasteiger partial charge on any atom is 0.234 e. The van der Waals surface area contributed by atoms with Gasteiger partial charge in [0.2, 0.25) is 26.6 Å². The number of pyridine rings is 1. The van der Waals surface area contributed by atoms with Gasteiger partial charge in [0.15, 0.2) is 0 Å². The molecule has 0 fully saturated rings. The standard InChI is InChI=1S/C21H15F2N3O3S/c22-15-7-9-16(10-8-15)30(27,28)21-20(25-13-14-4-3-11-24-12-14)29-19(26-21)17-5-1-2-6-18(17)23/h1-12,25H,13H2. The summed E-state index contributed by atoms with van der Waals surface area (Å²) in [6.07, 6.45) is 3.22. The molecule has 0 spiro atoms. The Hall–Kier alpha value is -3.59. The maximum atomic E-state index is 14.2. The molecule has 0 atom stereocenters. The Morgan fingerprint density at radius 1 is 0.967 bits per heavy atom. The van der Waals surface area contributed by atoms with Crippen LogP contribution in [0.2, 0.25) is 0 Å². The van der Waals surface area contributed by atoms with Gasteiger partial charge < -0.3 is 9.73 Å². The van der Waals surface area contributed by atoms with E-state index in [1.165, 1.54) is 18.2 Å². The second-order valence-corrected chi connectivity index (χ2v) is 8.17. The molecule has 152 valence electrons. The molecule has 0 radical (unpaired) electrons. The lowest BCUT2D eigenvalue weighted by Crippen LogP contribution is -2.07. The van der Waals surface area contributed by atoms with Crippen molar-refractivity contribution in [3.63, 3.8) is 0 Å². The zero-order chi connectivity index (χ0) is 21.1. The lowest BCUT2D eigenvalue weighted by molar-refractivity contribution is 0.567. The molecule has 1 N–H and O–H groups in total. The van der Waals surface area contributed by atoms with E-state index in [2.05, 4.69) is 15.3 Å². The fourth-order valence-corrected chi connectivity index (χ4v) is 4.04. The summed E-state index contributed by atoms with van der Waals surface area (Å²) in [5.74, 6) is -1.52. The summed E-state index contributed by atoms with van der Waals surface area (Å²) < 4.78 is 59.3. The number of oxazole rings is 1. The van der Waals surface area contributed by atoms with Crippen LogP contribution in [-0.4, -0.2) is 18.4 Å². The quantitative estimate of drug-likeness (QED) is 0.458. The number of sulfone groups is 1. The lowest BCUT2D eigenvalue weighted by atomic mass is 10.2. The van der Waals surface area contributed by atoms with Gasteiger partial charge in [-0.3, -0.25) is 4.98 Å². The van der Waals surface area contributed by atoms with Crippen molar-refractivity contribution in [3.8, 4) is 11.5 Å². The first-order chi connectivity index (χ1) is 14.4. The Labute approximate surface area is 171 Å². The third-order valence-corrected chi connectivity index (χ3v) is 5.93. The maximum absolute atomic E-state index is 14.2. The molecule has 0 saturated carbocycles. The molecule has 0 aliphatic carbocycles. The third-order valence-electron chi connectivity index (χ3n) is 4.25. The van der Waals surface area contributed by atoms with E-state index >= 15 is 0 Å². The normalized spacial score (nSPS) is 11.4. The summed E-state index contributed by atoms with van der Waals surface area (Å²) in [5.41, 5.74) is 0.786. The molecule has 4 rings (SSSR count). The summed E-state index contributed by atoms with van der Waals surface area (Å²) in [4.78, 5) is 7.89. The minimum Gasteiger partial charge on any atom is -0.419 e. The Kier molecular flexibility index (Phi) is 5.28. The molecule has 2 aromatic heterocycles. The van der Waals surface area contributed by atoms with E-state index in [4.69, 9.17) is 4.42 Å². The monoisotopic (exact) mass is 427 g/mol. The van der Waals surface area contributed by atoms with Crippen LogP contribution in [0.25, 0.3) is 11.5 Å². The Morgan fingerprint density at radius 3 is 2.43 bits per heavy atom. The van der Waals surface area contributed by atoms with E-state index in [0.29, 0.717) is 0 Å². The van der Waals surface area contributed by atoms with E-state index in [1.54, 1.807) is 30.6 Å². The number of rotatable bonds is 6. The number of hydrogen-bond donors (Lipinski definition) is 1. The molecule has 0 amide bonds. The first-order valence-electron chi connectivity index (χ1n) is 8.84. The predicted molar refractivity (Wildman–Crippen MR) is 105 cm³/mol. The van der Waals surface area contributed by atoms with E-state index in [0.717, 1.165) is 29.8 Å². The second kappa shape index (κ2) is 8.03. The van der Waals surface area contributed by atoms with Gasteiger partial charge in [0.25, 0.3) is 0 Å². The van der Waals surface area contributed by atoms with Crippen LogP contribution in [0.1, 0.15) is 5.56 Å². The van der Waals surface area contributed by atoms with Crippen LogP contribution in [0.15, 0.2) is 87.4 Å². The number of benzene rings is 2. The summed E-state index contributed by atoms with van der Waals surface area (Å²) in [6, 6.07) is 13.6. The van der Waals surface area contributed by atoms with Crippen LogP contribution < -0.4 is 5.32 Å². The van der Waals surface area contributed by atoms with Crippen molar-refractivity contribution >= 4 is 15.7 Å². The minimum atomic E-state index is -4.16. The van der Waals surface area contributed by atoms with Gasteiger partial charge in [0.1, 0.15) is 11.6 Å². The van der Waals surface area contributed by atoms with Crippen LogP contribution in [-0.2, 0) is 16.4 Å². The Bertz CT molecular complexity index is 1270. The second-order valence-electron chi connectivity index (χ2n) is 6.31. The van der Waals surface area contributed by atoms with E-state index in [1.807, 2.05) is 0 Å². The molecule has 2 heterocycles. The first-order valence-corrected chi connectivity index (χ1v) is 10.3. The number of hydrogen-bond acceptors (Lipinski definition) is 6. The summed E-state index contributed by atoms with van der Waals surface area (Å²) in [7, 11) is -4.16. The molecule has 0 aliphatic heterocycles. The number of anilines is 1.